The van der Waals surface area contributed by atoms with Crippen LogP contribution in [0.4, 0.5) is 17.6 Å². The van der Waals surface area contributed by atoms with Gasteiger partial charge >= 0.3 is 0 Å². The summed E-state index contributed by atoms with van der Waals surface area (Å²) in [6.45, 7) is 0. The Morgan fingerprint density at radius 1 is 1.27 bits per heavy atom. The lowest BCUT2D eigenvalue weighted by Gasteiger charge is -2.25. The zero-order valence-corrected chi connectivity index (χ0v) is 8.20. The van der Waals surface area contributed by atoms with E-state index in [1.54, 1.807) is 5.38 Å². The van der Waals surface area contributed by atoms with Crippen LogP contribution in [0, 0.1) is 0 Å². The molecule has 0 N–H and O–H groups in total. The van der Waals surface area contributed by atoms with E-state index in [2.05, 4.69) is 0 Å². The lowest BCUT2D eigenvalue weighted by Crippen LogP contribution is -2.30. The number of rotatable bonds is 1. The van der Waals surface area contributed by atoms with Crippen LogP contribution >= 0.6 is 11.3 Å². The van der Waals surface area contributed by atoms with Crippen LogP contribution in [0.1, 0.15) is 4.88 Å². The third-order valence-corrected chi connectivity index (χ3v) is 3.15. The highest BCUT2D eigenvalue weighted by atomic mass is 32.1. The van der Waals surface area contributed by atoms with E-state index in [4.69, 9.17) is 0 Å². The number of alkyl halides is 2. The van der Waals surface area contributed by atoms with Gasteiger partial charge < -0.3 is 0 Å². The maximum absolute atomic E-state index is 14.1. The van der Waals surface area contributed by atoms with Gasteiger partial charge in [0.25, 0.3) is 0 Å². The van der Waals surface area contributed by atoms with E-state index in [1.807, 2.05) is 0 Å². The second kappa shape index (κ2) is 3.48. The molecule has 15 heavy (non-hydrogen) atoms. The van der Waals surface area contributed by atoms with Gasteiger partial charge in [-0.3, -0.25) is 0 Å². The van der Waals surface area contributed by atoms with Crippen LogP contribution in [0.3, 0.4) is 0 Å². The minimum atomic E-state index is -2.59. The SMILES string of the molecule is FC1=CC(F)C(F)(c2cccs2)C=C1F. The summed E-state index contributed by atoms with van der Waals surface area (Å²) in [6.07, 6.45) is -1.54. The Morgan fingerprint density at radius 3 is 2.60 bits per heavy atom. The van der Waals surface area contributed by atoms with Gasteiger partial charge in [0.1, 0.15) is 0 Å². The third-order valence-electron chi connectivity index (χ3n) is 2.16. The maximum atomic E-state index is 14.1. The van der Waals surface area contributed by atoms with Gasteiger partial charge in [0.15, 0.2) is 17.8 Å². The van der Waals surface area contributed by atoms with Crippen molar-refractivity contribution in [2.24, 2.45) is 0 Å². The molecule has 0 amide bonds. The summed E-state index contributed by atoms with van der Waals surface area (Å²) < 4.78 is 52.9. The fourth-order valence-corrected chi connectivity index (χ4v) is 2.18. The van der Waals surface area contributed by atoms with Crippen LogP contribution in [-0.4, -0.2) is 6.17 Å². The van der Waals surface area contributed by atoms with Gasteiger partial charge in [-0.1, -0.05) is 6.07 Å². The highest BCUT2D eigenvalue weighted by molar-refractivity contribution is 7.10. The molecule has 0 bridgehead atoms. The molecule has 1 aliphatic rings. The van der Waals surface area contributed by atoms with Crippen molar-refractivity contribution < 1.29 is 17.6 Å². The molecule has 1 heterocycles. The van der Waals surface area contributed by atoms with Crippen molar-refractivity contribution in [1.29, 1.82) is 0 Å². The molecule has 0 saturated carbocycles. The number of allylic oxidation sites excluding steroid dienone is 4. The van der Waals surface area contributed by atoms with Crippen LogP contribution in [0.2, 0.25) is 0 Å². The first-order chi connectivity index (χ1) is 7.04. The molecule has 5 heteroatoms. The summed E-state index contributed by atoms with van der Waals surface area (Å²) in [7, 11) is 0. The number of halogens is 4. The molecule has 1 aliphatic carbocycles. The molecule has 80 valence electrons. The second-order valence-electron chi connectivity index (χ2n) is 3.15. The molecule has 0 radical (unpaired) electrons. The molecule has 0 aliphatic heterocycles. The summed E-state index contributed by atoms with van der Waals surface area (Å²) >= 11 is 0.957. The van der Waals surface area contributed by atoms with Gasteiger partial charge in [0, 0.05) is 11.0 Å². The fraction of sp³-hybridized carbons (Fsp3) is 0.200. The third kappa shape index (κ3) is 1.61. The zero-order valence-electron chi connectivity index (χ0n) is 7.38. The molecule has 2 atom stereocenters. The van der Waals surface area contributed by atoms with Crippen molar-refractivity contribution in [2.45, 2.75) is 11.8 Å². The van der Waals surface area contributed by atoms with Crippen molar-refractivity contribution >= 4 is 11.3 Å². The summed E-state index contributed by atoms with van der Waals surface area (Å²) in [6, 6.07) is 2.87. The van der Waals surface area contributed by atoms with E-state index >= 15 is 0 Å². The second-order valence-corrected chi connectivity index (χ2v) is 4.10. The Labute approximate surface area is 87.5 Å². The van der Waals surface area contributed by atoms with E-state index in [0.717, 1.165) is 11.3 Å². The monoisotopic (exact) mass is 234 g/mol. The van der Waals surface area contributed by atoms with Crippen LogP contribution in [0.5, 0.6) is 0 Å². The Kier molecular flexibility index (Phi) is 2.42. The Bertz CT molecular complexity index is 421. The predicted octanol–water partition coefficient (Wildman–Crippen LogP) is 3.97. The van der Waals surface area contributed by atoms with Gasteiger partial charge in [0.2, 0.25) is 5.67 Å². The normalized spacial score (nSPS) is 31.1. The molecular weight excluding hydrogens is 228 g/mol. The smallest absolute Gasteiger partial charge is 0.201 e. The number of hydrogen-bond acceptors (Lipinski definition) is 1. The van der Waals surface area contributed by atoms with Crippen LogP contribution in [0.25, 0.3) is 0 Å². The Balaban J connectivity index is 2.47. The first-order valence-corrected chi connectivity index (χ1v) is 5.05. The van der Waals surface area contributed by atoms with Gasteiger partial charge in [-0.25, -0.2) is 17.6 Å². The molecule has 1 aromatic rings. The zero-order chi connectivity index (χ0) is 11.1. The molecule has 2 rings (SSSR count). The molecule has 0 fully saturated rings. The van der Waals surface area contributed by atoms with E-state index in [9.17, 15) is 17.6 Å². The average molecular weight is 234 g/mol. The number of hydrogen-bond donors (Lipinski definition) is 0. The molecular formula is C10H6F4S. The van der Waals surface area contributed by atoms with Crippen molar-refractivity contribution in [2.75, 3.05) is 0 Å². The average Bonchev–Trinajstić information content (AvgIpc) is 2.68. The lowest BCUT2D eigenvalue weighted by atomic mass is 9.93. The molecule has 1 aromatic heterocycles. The van der Waals surface area contributed by atoms with Crippen LogP contribution < -0.4 is 0 Å². The first kappa shape index (κ1) is 10.4. The van der Waals surface area contributed by atoms with Gasteiger partial charge in [-0.2, -0.15) is 0 Å². The minimum Gasteiger partial charge on any atom is -0.238 e. The van der Waals surface area contributed by atoms with Gasteiger partial charge in [-0.05, 0) is 17.5 Å². The van der Waals surface area contributed by atoms with E-state index in [-0.39, 0.29) is 4.88 Å². The van der Waals surface area contributed by atoms with Crippen LogP contribution in [0.15, 0.2) is 41.3 Å². The standard InChI is InChI=1S/C10H6F4S/c11-6-4-8(13)10(14,5-7(6)12)9-2-1-3-15-9/h1-5,8H. The summed E-state index contributed by atoms with van der Waals surface area (Å²) in [5.74, 6) is -2.72. The topological polar surface area (TPSA) is 0 Å². The molecule has 0 spiro atoms. The van der Waals surface area contributed by atoms with Crippen molar-refractivity contribution in [3.8, 4) is 0 Å². The molecule has 0 nitrogen and oxygen atoms in total. The van der Waals surface area contributed by atoms with E-state index in [0.29, 0.717) is 12.2 Å². The van der Waals surface area contributed by atoms with Gasteiger partial charge in [0.05, 0.1) is 0 Å². The molecule has 2 unspecified atom stereocenters. The predicted molar refractivity (Wildman–Crippen MR) is 50.4 cm³/mol. The first-order valence-electron chi connectivity index (χ1n) is 4.17. The summed E-state index contributed by atoms with van der Waals surface area (Å²) in [5, 5.41) is 1.55. The van der Waals surface area contributed by atoms with E-state index in [1.165, 1.54) is 12.1 Å². The highest BCUT2D eigenvalue weighted by Gasteiger charge is 2.43. The maximum Gasteiger partial charge on any atom is 0.201 e. The summed E-state index contributed by atoms with van der Waals surface area (Å²) in [5.41, 5.74) is -2.59. The molecule has 0 aromatic carbocycles. The Hall–Kier alpha value is -1.10. The fourth-order valence-electron chi connectivity index (χ4n) is 1.37. The quantitative estimate of drug-likeness (QED) is 0.645. The lowest BCUT2D eigenvalue weighted by molar-refractivity contribution is 0.121. The van der Waals surface area contributed by atoms with Crippen molar-refractivity contribution in [3.63, 3.8) is 0 Å². The largest absolute Gasteiger partial charge is 0.238 e. The Morgan fingerprint density at radius 2 is 2.00 bits per heavy atom. The van der Waals surface area contributed by atoms with Crippen LogP contribution in [-0.2, 0) is 5.67 Å². The highest BCUT2D eigenvalue weighted by Crippen LogP contribution is 2.42. The molecule has 0 saturated heterocycles. The summed E-state index contributed by atoms with van der Waals surface area (Å²) in [4.78, 5) is 0.0221. The minimum absolute atomic E-state index is 0.0221. The van der Waals surface area contributed by atoms with Gasteiger partial charge in [-0.15, -0.1) is 11.3 Å². The van der Waals surface area contributed by atoms with E-state index < -0.39 is 23.5 Å². The van der Waals surface area contributed by atoms with Crippen molar-refractivity contribution in [1.82, 2.24) is 0 Å². The number of thiophene rings is 1. The van der Waals surface area contributed by atoms with Crippen molar-refractivity contribution in [3.05, 3.63) is 46.2 Å².